The number of halogens is 1. The summed E-state index contributed by atoms with van der Waals surface area (Å²) in [6, 6.07) is 17.1. The maximum atomic E-state index is 12.2. The Balaban J connectivity index is 1.88. The number of likely N-dealkylation sites (N-methyl/N-ethyl adjacent to an activating group) is 1. The molecule has 4 nitrogen and oxygen atoms in total. The zero-order valence-corrected chi connectivity index (χ0v) is 15.3. The second kappa shape index (κ2) is 9.22. The second-order valence-electron chi connectivity index (χ2n) is 6.11. The quantitative estimate of drug-likeness (QED) is 0.826. The number of nitriles is 1. The van der Waals surface area contributed by atoms with E-state index in [0.717, 1.165) is 11.1 Å². The van der Waals surface area contributed by atoms with Crippen LogP contribution in [0.4, 0.5) is 0 Å². The number of carbonyl (C=O) groups excluding carboxylic acids is 1. The van der Waals surface area contributed by atoms with E-state index in [-0.39, 0.29) is 11.9 Å². The molecule has 0 fully saturated rings. The topological polar surface area (TPSA) is 56.1 Å². The maximum Gasteiger partial charge on any atom is 0.220 e. The number of carbonyl (C=O) groups is 1. The molecule has 5 heteroatoms. The monoisotopic (exact) mass is 355 g/mol. The van der Waals surface area contributed by atoms with Crippen LogP contribution in [0.25, 0.3) is 0 Å². The van der Waals surface area contributed by atoms with Crippen LogP contribution in [0, 0.1) is 11.3 Å². The summed E-state index contributed by atoms with van der Waals surface area (Å²) < 4.78 is 0. The molecular formula is C20H22ClN3O. The predicted octanol–water partition coefficient (Wildman–Crippen LogP) is 3.56. The highest BCUT2D eigenvalue weighted by Crippen LogP contribution is 2.25. The van der Waals surface area contributed by atoms with E-state index in [1.54, 1.807) is 12.1 Å². The van der Waals surface area contributed by atoms with Gasteiger partial charge in [-0.1, -0.05) is 41.9 Å². The molecule has 0 radical (unpaired) electrons. The van der Waals surface area contributed by atoms with Crippen LogP contribution < -0.4 is 5.32 Å². The molecule has 1 amide bonds. The van der Waals surface area contributed by atoms with Crippen LogP contribution >= 0.6 is 11.6 Å². The Morgan fingerprint density at radius 1 is 1.20 bits per heavy atom. The summed E-state index contributed by atoms with van der Waals surface area (Å²) >= 11 is 6.28. The van der Waals surface area contributed by atoms with Crippen LogP contribution in [0.15, 0.2) is 48.5 Å². The predicted molar refractivity (Wildman–Crippen MR) is 100 cm³/mol. The van der Waals surface area contributed by atoms with Gasteiger partial charge in [0.1, 0.15) is 0 Å². The molecule has 0 aliphatic rings. The van der Waals surface area contributed by atoms with E-state index in [9.17, 15) is 4.79 Å². The minimum atomic E-state index is 0.00302. The highest BCUT2D eigenvalue weighted by Gasteiger charge is 2.17. The van der Waals surface area contributed by atoms with Crippen molar-refractivity contribution in [2.45, 2.75) is 18.9 Å². The van der Waals surface area contributed by atoms with E-state index in [4.69, 9.17) is 16.9 Å². The molecule has 0 aliphatic heterocycles. The van der Waals surface area contributed by atoms with Gasteiger partial charge in [-0.3, -0.25) is 4.79 Å². The van der Waals surface area contributed by atoms with Crippen LogP contribution in [0.1, 0.15) is 29.2 Å². The summed E-state index contributed by atoms with van der Waals surface area (Å²) in [5.74, 6) is 0.00302. The number of nitrogens with zero attached hydrogens (tertiary/aromatic N) is 2. The summed E-state index contributed by atoms with van der Waals surface area (Å²) in [5, 5.41) is 12.5. The number of hydrogen-bond donors (Lipinski definition) is 1. The number of aryl methyl sites for hydroxylation is 1. The minimum Gasteiger partial charge on any atom is -0.354 e. The Hall–Kier alpha value is -2.35. The van der Waals surface area contributed by atoms with E-state index >= 15 is 0 Å². The lowest BCUT2D eigenvalue weighted by Crippen LogP contribution is -2.34. The lowest BCUT2D eigenvalue weighted by atomic mass is 10.1. The van der Waals surface area contributed by atoms with Gasteiger partial charge in [0.25, 0.3) is 0 Å². The van der Waals surface area contributed by atoms with Crippen molar-refractivity contribution in [3.63, 3.8) is 0 Å². The third-order valence-corrected chi connectivity index (χ3v) is 4.45. The standard InChI is InChI=1S/C20H22ClN3O/c1-24(2)19(17-5-3-4-6-18(17)21)14-23-20(25)12-11-15-7-9-16(13-22)10-8-15/h3-10,19H,11-12,14H2,1-2H3,(H,23,25). The van der Waals surface area contributed by atoms with E-state index in [0.29, 0.717) is 30.0 Å². The molecule has 130 valence electrons. The third kappa shape index (κ3) is 5.60. The van der Waals surface area contributed by atoms with Gasteiger partial charge in [0, 0.05) is 18.0 Å². The Bertz CT molecular complexity index is 750. The number of rotatable bonds is 7. The molecule has 2 rings (SSSR count). The van der Waals surface area contributed by atoms with Gasteiger partial charge in [-0.05, 0) is 49.8 Å². The summed E-state index contributed by atoms with van der Waals surface area (Å²) in [6.45, 7) is 0.503. The lowest BCUT2D eigenvalue weighted by molar-refractivity contribution is -0.121. The SMILES string of the molecule is CN(C)C(CNC(=O)CCc1ccc(C#N)cc1)c1ccccc1Cl. The zero-order chi connectivity index (χ0) is 18.2. The maximum absolute atomic E-state index is 12.2. The molecule has 0 saturated heterocycles. The molecule has 25 heavy (non-hydrogen) atoms. The largest absolute Gasteiger partial charge is 0.354 e. The number of hydrogen-bond acceptors (Lipinski definition) is 3. The van der Waals surface area contributed by atoms with Crippen LogP contribution in [-0.2, 0) is 11.2 Å². The number of benzene rings is 2. The first-order chi connectivity index (χ1) is 12.0. The van der Waals surface area contributed by atoms with Crippen molar-refractivity contribution in [1.29, 1.82) is 5.26 Å². The van der Waals surface area contributed by atoms with Crippen LogP contribution in [-0.4, -0.2) is 31.4 Å². The normalized spacial score (nSPS) is 11.8. The summed E-state index contributed by atoms with van der Waals surface area (Å²) in [6.07, 6.45) is 1.06. The number of nitrogens with one attached hydrogen (secondary N) is 1. The first-order valence-electron chi connectivity index (χ1n) is 8.18. The molecule has 0 bridgehead atoms. The van der Waals surface area contributed by atoms with Crippen LogP contribution in [0.5, 0.6) is 0 Å². The van der Waals surface area contributed by atoms with E-state index in [1.807, 2.05) is 55.4 Å². The van der Waals surface area contributed by atoms with Crippen LogP contribution in [0.2, 0.25) is 5.02 Å². The summed E-state index contributed by atoms with van der Waals surface area (Å²) in [5.41, 5.74) is 2.67. The van der Waals surface area contributed by atoms with Crippen molar-refractivity contribution in [3.05, 3.63) is 70.2 Å². The van der Waals surface area contributed by atoms with Gasteiger partial charge >= 0.3 is 0 Å². The van der Waals surface area contributed by atoms with E-state index < -0.39 is 0 Å². The van der Waals surface area contributed by atoms with Gasteiger partial charge in [-0.2, -0.15) is 5.26 Å². The van der Waals surface area contributed by atoms with Crippen molar-refractivity contribution in [2.75, 3.05) is 20.6 Å². The van der Waals surface area contributed by atoms with Crippen molar-refractivity contribution in [1.82, 2.24) is 10.2 Å². The Labute approximate surface area is 154 Å². The highest BCUT2D eigenvalue weighted by molar-refractivity contribution is 6.31. The van der Waals surface area contributed by atoms with Gasteiger partial charge in [0.2, 0.25) is 5.91 Å². The molecular weight excluding hydrogens is 334 g/mol. The van der Waals surface area contributed by atoms with E-state index in [1.165, 1.54) is 0 Å². The van der Waals surface area contributed by atoms with Gasteiger partial charge in [0.05, 0.1) is 17.7 Å². The number of amides is 1. The Morgan fingerprint density at radius 2 is 1.88 bits per heavy atom. The third-order valence-electron chi connectivity index (χ3n) is 4.10. The molecule has 1 unspecified atom stereocenters. The molecule has 0 aliphatic carbocycles. The average molecular weight is 356 g/mol. The first kappa shape index (κ1) is 19.0. The van der Waals surface area contributed by atoms with Gasteiger partial charge in [0.15, 0.2) is 0 Å². The van der Waals surface area contributed by atoms with Crippen molar-refractivity contribution < 1.29 is 4.79 Å². The fourth-order valence-electron chi connectivity index (χ4n) is 2.62. The zero-order valence-electron chi connectivity index (χ0n) is 14.5. The van der Waals surface area contributed by atoms with Gasteiger partial charge in [-0.25, -0.2) is 0 Å². The van der Waals surface area contributed by atoms with Crippen molar-refractivity contribution in [3.8, 4) is 6.07 Å². The highest BCUT2D eigenvalue weighted by atomic mass is 35.5. The molecule has 0 spiro atoms. The van der Waals surface area contributed by atoms with Gasteiger partial charge in [-0.15, -0.1) is 0 Å². The molecule has 1 atom stereocenters. The van der Waals surface area contributed by atoms with Crippen LogP contribution in [0.3, 0.4) is 0 Å². The minimum absolute atomic E-state index is 0.00302. The van der Waals surface area contributed by atoms with Crippen molar-refractivity contribution in [2.24, 2.45) is 0 Å². The molecule has 0 saturated carbocycles. The average Bonchev–Trinajstić information content (AvgIpc) is 2.61. The molecule has 2 aromatic rings. The Kier molecular flexibility index (Phi) is 7.00. The van der Waals surface area contributed by atoms with Gasteiger partial charge < -0.3 is 10.2 Å². The summed E-state index contributed by atoms with van der Waals surface area (Å²) in [4.78, 5) is 14.2. The van der Waals surface area contributed by atoms with Crippen molar-refractivity contribution >= 4 is 17.5 Å². The Morgan fingerprint density at radius 3 is 2.48 bits per heavy atom. The summed E-state index contributed by atoms with van der Waals surface area (Å²) in [7, 11) is 3.94. The second-order valence-corrected chi connectivity index (χ2v) is 6.52. The smallest absolute Gasteiger partial charge is 0.220 e. The molecule has 1 N–H and O–H groups in total. The fourth-order valence-corrected chi connectivity index (χ4v) is 2.88. The fraction of sp³-hybridized carbons (Fsp3) is 0.300. The lowest BCUT2D eigenvalue weighted by Gasteiger charge is -2.26. The molecule has 0 aromatic heterocycles. The molecule has 0 heterocycles. The molecule has 2 aromatic carbocycles. The first-order valence-corrected chi connectivity index (χ1v) is 8.55. The van der Waals surface area contributed by atoms with E-state index in [2.05, 4.69) is 11.4 Å².